The van der Waals surface area contributed by atoms with Crippen molar-refractivity contribution < 1.29 is 13.2 Å². The summed E-state index contributed by atoms with van der Waals surface area (Å²) in [6, 6.07) is 19.9. The molecule has 142 valence electrons. The van der Waals surface area contributed by atoms with E-state index in [9.17, 15) is 8.42 Å². The third-order valence-corrected chi connectivity index (χ3v) is 5.79. The molecule has 28 heavy (non-hydrogen) atoms. The SMILES string of the molecule is COc1ccc(C)cc1S(=O)(=O)Nc1cccc(-c2nc3ccccc3[nH]2)c1. The first kappa shape index (κ1) is 18.1. The van der Waals surface area contributed by atoms with Gasteiger partial charge in [0.05, 0.1) is 18.1 Å². The summed E-state index contributed by atoms with van der Waals surface area (Å²) in [6.45, 7) is 1.83. The monoisotopic (exact) mass is 393 g/mol. The van der Waals surface area contributed by atoms with Crippen molar-refractivity contribution in [2.75, 3.05) is 11.8 Å². The van der Waals surface area contributed by atoms with Gasteiger partial charge in [-0.2, -0.15) is 0 Å². The van der Waals surface area contributed by atoms with Crippen molar-refractivity contribution in [1.82, 2.24) is 9.97 Å². The summed E-state index contributed by atoms with van der Waals surface area (Å²) < 4.78 is 33.7. The number of methoxy groups -OCH3 is 1. The Labute approximate surface area is 163 Å². The molecule has 6 nitrogen and oxygen atoms in total. The summed E-state index contributed by atoms with van der Waals surface area (Å²) in [5.74, 6) is 0.974. The van der Waals surface area contributed by atoms with Crippen LogP contribution in [0.4, 0.5) is 5.69 Å². The lowest BCUT2D eigenvalue weighted by molar-refractivity contribution is 0.402. The molecule has 4 rings (SSSR count). The number of aromatic amines is 1. The number of aryl methyl sites for hydroxylation is 1. The predicted octanol–water partition coefficient (Wildman–Crippen LogP) is 4.35. The number of nitrogens with zero attached hydrogens (tertiary/aromatic N) is 1. The van der Waals surface area contributed by atoms with Crippen LogP contribution in [-0.4, -0.2) is 25.5 Å². The van der Waals surface area contributed by atoms with Crippen LogP contribution in [0.1, 0.15) is 5.56 Å². The summed E-state index contributed by atoms with van der Waals surface area (Å²) in [7, 11) is -2.36. The van der Waals surface area contributed by atoms with Crippen molar-refractivity contribution in [3.05, 3.63) is 72.3 Å². The molecule has 0 aliphatic carbocycles. The van der Waals surface area contributed by atoms with Gasteiger partial charge in [0.25, 0.3) is 10.0 Å². The van der Waals surface area contributed by atoms with E-state index in [0.29, 0.717) is 17.3 Å². The Bertz CT molecular complexity index is 1230. The molecule has 0 radical (unpaired) electrons. The number of para-hydroxylation sites is 2. The third-order valence-electron chi connectivity index (χ3n) is 4.39. The van der Waals surface area contributed by atoms with E-state index in [1.165, 1.54) is 7.11 Å². The van der Waals surface area contributed by atoms with E-state index in [1.807, 2.05) is 37.3 Å². The van der Waals surface area contributed by atoms with Gasteiger partial charge in [0.2, 0.25) is 0 Å². The van der Waals surface area contributed by atoms with Crippen molar-refractivity contribution in [3.8, 4) is 17.1 Å². The number of nitrogens with one attached hydrogen (secondary N) is 2. The molecular weight excluding hydrogens is 374 g/mol. The molecule has 0 fully saturated rings. The molecule has 0 aliphatic heterocycles. The largest absolute Gasteiger partial charge is 0.495 e. The zero-order valence-corrected chi connectivity index (χ0v) is 16.2. The molecule has 4 aromatic rings. The van der Waals surface area contributed by atoms with Gasteiger partial charge in [0.1, 0.15) is 16.5 Å². The highest BCUT2D eigenvalue weighted by atomic mass is 32.2. The van der Waals surface area contributed by atoms with E-state index in [0.717, 1.165) is 22.2 Å². The van der Waals surface area contributed by atoms with E-state index in [-0.39, 0.29) is 4.90 Å². The van der Waals surface area contributed by atoms with Crippen LogP contribution < -0.4 is 9.46 Å². The first-order chi connectivity index (χ1) is 13.5. The van der Waals surface area contributed by atoms with Crippen LogP contribution in [0, 0.1) is 6.92 Å². The number of benzene rings is 3. The lowest BCUT2D eigenvalue weighted by Crippen LogP contribution is -2.14. The van der Waals surface area contributed by atoms with E-state index >= 15 is 0 Å². The normalized spacial score (nSPS) is 11.5. The van der Waals surface area contributed by atoms with E-state index < -0.39 is 10.0 Å². The number of sulfonamides is 1. The van der Waals surface area contributed by atoms with Crippen molar-refractivity contribution in [1.29, 1.82) is 0 Å². The Morgan fingerprint density at radius 2 is 1.82 bits per heavy atom. The average Bonchev–Trinajstić information content (AvgIpc) is 3.12. The summed E-state index contributed by atoms with van der Waals surface area (Å²) in [6.07, 6.45) is 0. The number of fused-ring (bicyclic) bond motifs is 1. The maximum absolute atomic E-state index is 12.9. The van der Waals surface area contributed by atoms with Gasteiger partial charge in [-0.15, -0.1) is 0 Å². The number of imidazole rings is 1. The van der Waals surface area contributed by atoms with Crippen molar-refractivity contribution in [3.63, 3.8) is 0 Å². The molecule has 3 aromatic carbocycles. The van der Waals surface area contributed by atoms with E-state index in [1.54, 1.807) is 36.4 Å². The first-order valence-electron chi connectivity index (χ1n) is 8.69. The maximum Gasteiger partial charge on any atom is 0.265 e. The topological polar surface area (TPSA) is 84.1 Å². The Kier molecular flexibility index (Phi) is 4.52. The number of hydrogen-bond donors (Lipinski definition) is 2. The molecule has 0 amide bonds. The van der Waals surface area contributed by atoms with Gasteiger partial charge in [-0.05, 0) is 48.9 Å². The predicted molar refractivity (Wildman–Crippen MR) is 110 cm³/mol. The molecule has 0 unspecified atom stereocenters. The van der Waals surface area contributed by atoms with Gasteiger partial charge in [-0.1, -0.05) is 30.3 Å². The second kappa shape index (κ2) is 7.01. The van der Waals surface area contributed by atoms with Crippen molar-refractivity contribution in [2.45, 2.75) is 11.8 Å². The van der Waals surface area contributed by atoms with Gasteiger partial charge < -0.3 is 9.72 Å². The van der Waals surface area contributed by atoms with Gasteiger partial charge in [-0.25, -0.2) is 13.4 Å². The smallest absolute Gasteiger partial charge is 0.265 e. The molecule has 1 heterocycles. The van der Waals surface area contributed by atoms with Gasteiger partial charge >= 0.3 is 0 Å². The van der Waals surface area contributed by atoms with Crippen LogP contribution in [0.15, 0.2) is 71.6 Å². The highest BCUT2D eigenvalue weighted by molar-refractivity contribution is 7.92. The Hall–Kier alpha value is -3.32. The highest BCUT2D eigenvalue weighted by Gasteiger charge is 2.20. The van der Waals surface area contributed by atoms with Gasteiger partial charge in [0.15, 0.2) is 0 Å². The summed E-state index contributed by atoms with van der Waals surface area (Å²) in [4.78, 5) is 7.92. The fourth-order valence-corrected chi connectivity index (χ4v) is 4.33. The quantitative estimate of drug-likeness (QED) is 0.528. The molecule has 0 saturated carbocycles. The average molecular weight is 393 g/mol. The molecule has 1 aromatic heterocycles. The van der Waals surface area contributed by atoms with Crippen molar-refractivity contribution in [2.24, 2.45) is 0 Å². The molecular formula is C21H19N3O3S. The van der Waals surface area contributed by atoms with Crippen LogP contribution >= 0.6 is 0 Å². The minimum atomic E-state index is -3.81. The van der Waals surface area contributed by atoms with Crippen LogP contribution in [0.2, 0.25) is 0 Å². The number of hydrogen-bond acceptors (Lipinski definition) is 4. The zero-order chi connectivity index (χ0) is 19.7. The van der Waals surface area contributed by atoms with Gasteiger partial charge in [0, 0.05) is 11.3 Å². The van der Waals surface area contributed by atoms with E-state index in [4.69, 9.17) is 4.74 Å². The number of anilines is 1. The van der Waals surface area contributed by atoms with Crippen LogP contribution in [0.25, 0.3) is 22.4 Å². The van der Waals surface area contributed by atoms with Crippen LogP contribution in [-0.2, 0) is 10.0 Å². The standard InChI is InChI=1S/C21H19N3O3S/c1-14-10-11-19(27-2)20(12-14)28(25,26)24-16-7-5-6-15(13-16)21-22-17-8-3-4-9-18(17)23-21/h3-13,24H,1-2H3,(H,22,23). The minimum Gasteiger partial charge on any atom is -0.495 e. The fraction of sp³-hybridized carbons (Fsp3) is 0.0952. The first-order valence-corrected chi connectivity index (χ1v) is 10.2. The summed E-state index contributed by atoms with van der Waals surface area (Å²) in [5.41, 5.74) is 3.84. The minimum absolute atomic E-state index is 0.101. The lowest BCUT2D eigenvalue weighted by Gasteiger charge is -2.12. The molecule has 0 bridgehead atoms. The molecule has 0 spiro atoms. The van der Waals surface area contributed by atoms with E-state index in [2.05, 4.69) is 14.7 Å². The number of aromatic nitrogens is 2. The molecule has 0 saturated heterocycles. The number of H-pyrrole nitrogens is 1. The second-order valence-electron chi connectivity index (χ2n) is 6.44. The lowest BCUT2D eigenvalue weighted by atomic mass is 10.2. The molecule has 2 N–H and O–H groups in total. The molecule has 7 heteroatoms. The second-order valence-corrected chi connectivity index (χ2v) is 8.09. The molecule has 0 atom stereocenters. The highest BCUT2D eigenvalue weighted by Crippen LogP contribution is 2.28. The Morgan fingerprint density at radius 1 is 1.00 bits per heavy atom. The summed E-state index contributed by atoms with van der Waals surface area (Å²) >= 11 is 0. The number of rotatable bonds is 5. The van der Waals surface area contributed by atoms with Crippen LogP contribution in [0.5, 0.6) is 5.75 Å². The summed E-state index contributed by atoms with van der Waals surface area (Å²) in [5, 5.41) is 0. The third kappa shape index (κ3) is 3.44. The molecule has 0 aliphatic rings. The Balaban J connectivity index is 1.69. The van der Waals surface area contributed by atoms with Crippen LogP contribution in [0.3, 0.4) is 0 Å². The maximum atomic E-state index is 12.9. The number of ether oxygens (including phenoxy) is 1. The zero-order valence-electron chi connectivity index (χ0n) is 15.4. The Morgan fingerprint density at radius 3 is 2.61 bits per heavy atom. The van der Waals surface area contributed by atoms with Gasteiger partial charge in [-0.3, -0.25) is 4.72 Å². The van der Waals surface area contributed by atoms with Crippen molar-refractivity contribution >= 4 is 26.7 Å². The fourth-order valence-electron chi connectivity index (χ4n) is 3.02.